The van der Waals surface area contributed by atoms with E-state index in [2.05, 4.69) is 17.1 Å². The fourth-order valence-corrected chi connectivity index (χ4v) is 3.04. The van der Waals surface area contributed by atoms with Gasteiger partial charge in [0.25, 0.3) is 5.91 Å². The number of hydrogen-bond donors (Lipinski definition) is 1. The van der Waals surface area contributed by atoms with Crippen LogP contribution in [0.2, 0.25) is 5.02 Å². The summed E-state index contributed by atoms with van der Waals surface area (Å²) in [6.07, 6.45) is 3.85. The third kappa shape index (κ3) is 6.95. The Bertz CT molecular complexity index is 1190. The lowest BCUT2D eigenvalue weighted by atomic mass is 10.1. The summed E-state index contributed by atoms with van der Waals surface area (Å²) in [5.41, 5.74) is 4.34. The third-order valence-electron chi connectivity index (χ3n) is 4.57. The first kappa shape index (κ1) is 24.5. The van der Waals surface area contributed by atoms with E-state index in [1.165, 1.54) is 13.3 Å². The van der Waals surface area contributed by atoms with Crippen molar-refractivity contribution in [2.24, 2.45) is 5.10 Å². The predicted molar refractivity (Wildman–Crippen MR) is 131 cm³/mol. The Labute approximate surface area is 202 Å². The van der Waals surface area contributed by atoms with Crippen LogP contribution < -0.4 is 19.6 Å². The van der Waals surface area contributed by atoms with Crippen LogP contribution in [0.4, 0.5) is 0 Å². The number of carbonyl (C=O) groups is 2. The molecule has 0 saturated heterocycles. The second-order valence-corrected chi connectivity index (χ2v) is 7.43. The van der Waals surface area contributed by atoms with Crippen molar-refractivity contribution in [3.05, 3.63) is 101 Å². The molecule has 3 aromatic rings. The minimum Gasteiger partial charge on any atom is -0.493 e. The molecule has 34 heavy (non-hydrogen) atoms. The van der Waals surface area contributed by atoms with Crippen LogP contribution in [0, 0.1) is 0 Å². The first-order valence-electron chi connectivity index (χ1n) is 10.3. The monoisotopic (exact) mass is 478 g/mol. The van der Waals surface area contributed by atoms with Crippen LogP contribution in [0.25, 0.3) is 0 Å². The average molecular weight is 479 g/mol. The summed E-state index contributed by atoms with van der Waals surface area (Å²) in [6, 6.07) is 18.7. The molecule has 0 fully saturated rings. The summed E-state index contributed by atoms with van der Waals surface area (Å²) in [4.78, 5) is 24.4. The molecule has 0 unspecified atom stereocenters. The van der Waals surface area contributed by atoms with Crippen LogP contribution in [0.1, 0.15) is 21.5 Å². The topological polar surface area (TPSA) is 86.2 Å². The SMILES string of the molecule is C=CCc1ccccc1OCC(=O)N/N=C\c1ccc(OC(=O)c2ccc(Cl)cc2)c(OC)c1. The van der Waals surface area contributed by atoms with Gasteiger partial charge in [0.2, 0.25) is 0 Å². The number of rotatable bonds is 10. The number of nitrogens with zero attached hydrogens (tertiary/aromatic N) is 1. The number of hydrogen-bond acceptors (Lipinski definition) is 6. The number of amides is 1. The summed E-state index contributed by atoms with van der Waals surface area (Å²) in [5.74, 6) is 0.244. The van der Waals surface area contributed by atoms with Crippen LogP contribution in [-0.4, -0.2) is 31.8 Å². The highest BCUT2D eigenvalue weighted by molar-refractivity contribution is 6.30. The molecule has 0 aliphatic rings. The normalized spacial score (nSPS) is 10.5. The molecule has 0 radical (unpaired) electrons. The summed E-state index contributed by atoms with van der Waals surface area (Å²) in [5, 5.41) is 4.46. The molecule has 0 spiro atoms. The highest BCUT2D eigenvalue weighted by Crippen LogP contribution is 2.28. The first-order valence-corrected chi connectivity index (χ1v) is 10.7. The van der Waals surface area contributed by atoms with Gasteiger partial charge in [0.05, 0.1) is 18.9 Å². The van der Waals surface area contributed by atoms with Crippen molar-refractivity contribution < 1.29 is 23.8 Å². The Hall–Kier alpha value is -4.10. The zero-order valence-corrected chi connectivity index (χ0v) is 19.2. The van der Waals surface area contributed by atoms with Crippen molar-refractivity contribution in [3.8, 4) is 17.2 Å². The standard InChI is InChI=1S/C26H23ClN2O5/c1-3-6-19-7-4-5-8-22(19)33-17-25(30)29-28-16-18-9-14-23(24(15-18)32-2)34-26(31)20-10-12-21(27)13-11-20/h3-5,7-16H,1,6,17H2,2H3,(H,29,30)/b28-16-. The Balaban J connectivity index is 1.56. The van der Waals surface area contributed by atoms with E-state index >= 15 is 0 Å². The molecule has 1 N–H and O–H groups in total. The fourth-order valence-electron chi connectivity index (χ4n) is 2.92. The van der Waals surface area contributed by atoms with E-state index in [-0.39, 0.29) is 12.4 Å². The maximum Gasteiger partial charge on any atom is 0.343 e. The molecular weight excluding hydrogens is 456 g/mol. The number of hydrazone groups is 1. The van der Waals surface area contributed by atoms with Gasteiger partial charge in [-0.2, -0.15) is 5.10 Å². The van der Waals surface area contributed by atoms with Gasteiger partial charge in [-0.15, -0.1) is 6.58 Å². The minimum absolute atomic E-state index is 0.186. The van der Waals surface area contributed by atoms with E-state index in [1.54, 1.807) is 54.6 Å². The predicted octanol–water partition coefficient (Wildman–Crippen LogP) is 4.83. The highest BCUT2D eigenvalue weighted by atomic mass is 35.5. The van der Waals surface area contributed by atoms with Crippen molar-refractivity contribution >= 4 is 29.7 Å². The smallest absolute Gasteiger partial charge is 0.343 e. The van der Waals surface area contributed by atoms with Gasteiger partial charge < -0.3 is 14.2 Å². The van der Waals surface area contributed by atoms with Crippen molar-refractivity contribution in [2.45, 2.75) is 6.42 Å². The van der Waals surface area contributed by atoms with Crippen molar-refractivity contribution in [1.82, 2.24) is 5.43 Å². The molecule has 7 nitrogen and oxygen atoms in total. The number of halogens is 1. The second kappa shape index (κ2) is 12.2. The molecule has 0 heterocycles. The van der Waals surface area contributed by atoms with Crippen molar-refractivity contribution in [1.29, 1.82) is 0 Å². The number of methoxy groups -OCH3 is 1. The van der Waals surface area contributed by atoms with Crippen LogP contribution >= 0.6 is 11.6 Å². The Morgan fingerprint density at radius 1 is 1.03 bits per heavy atom. The van der Waals surface area contributed by atoms with E-state index in [0.717, 1.165) is 5.56 Å². The first-order chi connectivity index (χ1) is 16.5. The Morgan fingerprint density at radius 3 is 2.53 bits per heavy atom. The van der Waals surface area contributed by atoms with E-state index < -0.39 is 11.9 Å². The average Bonchev–Trinajstić information content (AvgIpc) is 2.85. The highest BCUT2D eigenvalue weighted by Gasteiger charge is 2.13. The van der Waals surface area contributed by atoms with Gasteiger partial charge in [-0.25, -0.2) is 10.2 Å². The van der Waals surface area contributed by atoms with Crippen molar-refractivity contribution in [3.63, 3.8) is 0 Å². The number of benzene rings is 3. The molecule has 0 aliphatic carbocycles. The molecular formula is C26H23ClN2O5. The Morgan fingerprint density at radius 2 is 1.79 bits per heavy atom. The van der Waals surface area contributed by atoms with Gasteiger partial charge in [-0.05, 0) is 66.1 Å². The Kier molecular flexibility index (Phi) is 8.82. The van der Waals surface area contributed by atoms with Crippen LogP contribution in [-0.2, 0) is 11.2 Å². The third-order valence-corrected chi connectivity index (χ3v) is 4.82. The number of allylic oxidation sites excluding steroid dienone is 1. The molecule has 0 bridgehead atoms. The summed E-state index contributed by atoms with van der Waals surface area (Å²) in [6.45, 7) is 3.53. The van der Waals surface area contributed by atoms with Crippen LogP contribution in [0.5, 0.6) is 17.2 Å². The van der Waals surface area contributed by atoms with E-state index in [1.807, 2.05) is 18.2 Å². The molecule has 3 aromatic carbocycles. The minimum atomic E-state index is -0.543. The van der Waals surface area contributed by atoms with Gasteiger partial charge in [0, 0.05) is 5.02 Å². The van der Waals surface area contributed by atoms with Crippen molar-refractivity contribution in [2.75, 3.05) is 13.7 Å². The number of ether oxygens (including phenoxy) is 3. The molecule has 8 heteroatoms. The largest absolute Gasteiger partial charge is 0.493 e. The summed E-state index contributed by atoms with van der Waals surface area (Å²) < 4.78 is 16.3. The fraction of sp³-hybridized carbons (Fsp3) is 0.115. The van der Waals surface area contributed by atoms with Gasteiger partial charge >= 0.3 is 5.97 Å². The number of para-hydroxylation sites is 1. The maximum absolute atomic E-state index is 12.3. The molecule has 3 rings (SSSR count). The lowest BCUT2D eigenvalue weighted by Crippen LogP contribution is -2.24. The molecule has 0 saturated carbocycles. The van der Waals surface area contributed by atoms with Crippen LogP contribution in [0.3, 0.4) is 0 Å². The van der Waals surface area contributed by atoms with E-state index in [4.69, 9.17) is 25.8 Å². The zero-order valence-electron chi connectivity index (χ0n) is 18.5. The number of esters is 1. The van der Waals surface area contributed by atoms with Gasteiger partial charge in [0.15, 0.2) is 18.1 Å². The molecule has 0 aromatic heterocycles. The molecule has 174 valence electrons. The maximum atomic E-state index is 12.3. The molecule has 0 aliphatic heterocycles. The lowest BCUT2D eigenvalue weighted by molar-refractivity contribution is -0.123. The van der Waals surface area contributed by atoms with E-state index in [0.29, 0.717) is 34.1 Å². The summed E-state index contributed by atoms with van der Waals surface area (Å²) >= 11 is 5.85. The summed E-state index contributed by atoms with van der Waals surface area (Å²) in [7, 11) is 1.46. The quantitative estimate of drug-likeness (QED) is 0.148. The van der Waals surface area contributed by atoms with Gasteiger partial charge in [-0.1, -0.05) is 35.9 Å². The zero-order chi connectivity index (χ0) is 24.3. The number of carbonyl (C=O) groups excluding carboxylic acids is 2. The second-order valence-electron chi connectivity index (χ2n) is 6.99. The number of nitrogens with one attached hydrogen (secondary N) is 1. The van der Waals surface area contributed by atoms with Gasteiger partial charge in [-0.3, -0.25) is 4.79 Å². The molecule has 1 amide bonds. The van der Waals surface area contributed by atoms with E-state index in [9.17, 15) is 9.59 Å². The van der Waals surface area contributed by atoms with Gasteiger partial charge in [0.1, 0.15) is 5.75 Å². The van der Waals surface area contributed by atoms with Crippen LogP contribution in [0.15, 0.2) is 84.5 Å². The lowest BCUT2D eigenvalue weighted by Gasteiger charge is -2.10. The molecule has 0 atom stereocenters.